The van der Waals surface area contributed by atoms with Crippen molar-refractivity contribution < 1.29 is 19.1 Å². The number of fused-ring (bicyclic) bond motifs is 1. The number of carbonyl (C=O) groups is 2. The van der Waals surface area contributed by atoms with Gasteiger partial charge in [-0.3, -0.25) is 9.59 Å². The minimum Gasteiger partial charge on any atom is -0.493 e. The summed E-state index contributed by atoms with van der Waals surface area (Å²) < 4.78 is 12.9. The SMILES string of the molecule is COc1cc(C(C)=O)ccc1OCC(=O)NCCCn1c(C)nc2ccccc21. The Kier molecular flexibility index (Phi) is 6.49. The fourth-order valence-corrected chi connectivity index (χ4v) is 3.14. The summed E-state index contributed by atoms with van der Waals surface area (Å²) >= 11 is 0. The van der Waals surface area contributed by atoms with E-state index in [2.05, 4.69) is 14.9 Å². The number of Topliss-reactive ketones (excluding diaryl/α,β-unsaturated/α-hetero) is 1. The van der Waals surface area contributed by atoms with Crippen molar-refractivity contribution in [3.63, 3.8) is 0 Å². The highest BCUT2D eigenvalue weighted by Gasteiger charge is 2.11. The van der Waals surface area contributed by atoms with Crippen LogP contribution >= 0.6 is 0 Å². The van der Waals surface area contributed by atoms with Gasteiger partial charge in [0.2, 0.25) is 0 Å². The fraction of sp³-hybridized carbons (Fsp3) is 0.318. The van der Waals surface area contributed by atoms with E-state index in [9.17, 15) is 9.59 Å². The molecule has 0 saturated heterocycles. The summed E-state index contributed by atoms with van der Waals surface area (Å²) in [5, 5.41) is 2.86. The molecule has 1 N–H and O–H groups in total. The summed E-state index contributed by atoms with van der Waals surface area (Å²) in [6.07, 6.45) is 0.781. The van der Waals surface area contributed by atoms with Crippen molar-refractivity contribution in [2.24, 2.45) is 0 Å². The van der Waals surface area contributed by atoms with E-state index < -0.39 is 0 Å². The van der Waals surface area contributed by atoms with Gasteiger partial charge >= 0.3 is 0 Å². The zero-order chi connectivity index (χ0) is 20.8. The Labute approximate surface area is 169 Å². The molecular weight excluding hydrogens is 370 g/mol. The number of para-hydroxylation sites is 2. The molecule has 0 spiro atoms. The molecule has 1 amide bonds. The van der Waals surface area contributed by atoms with Crippen LogP contribution in [0.25, 0.3) is 11.0 Å². The van der Waals surface area contributed by atoms with Crippen LogP contribution < -0.4 is 14.8 Å². The Morgan fingerprint density at radius 1 is 1.14 bits per heavy atom. The van der Waals surface area contributed by atoms with Crippen LogP contribution in [0, 0.1) is 6.92 Å². The molecule has 0 aliphatic rings. The first kappa shape index (κ1) is 20.4. The van der Waals surface area contributed by atoms with Crippen LogP contribution in [0.3, 0.4) is 0 Å². The Morgan fingerprint density at radius 3 is 2.69 bits per heavy atom. The van der Waals surface area contributed by atoms with E-state index in [0.29, 0.717) is 23.6 Å². The zero-order valence-corrected chi connectivity index (χ0v) is 16.9. The fourth-order valence-electron chi connectivity index (χ4n) is 3.14. The van der Waals surface area contributed by atoms with Gasteiger partial charge < -0.3 is 19.4 Å². The quantitative estimate of drug-likeness (QED) is 0.445. The number of ketones is 1. The number of amides is 1. The predicted octanol–water partition coefficient (Wildman–Crippen LogP) is 3.14. The van der Waals surface area contributed by atoms with Crippen LogP contribution in [0.1, 0.15) is 29.5 Å². The van der Waals surface area contributed by atoms with Crippen molar-refractivity contribution in [3.8, 4) is 11.5 Å². The topological polar surface area (TPSA) is 82.5 Å². The standard InChI is InChI=1S/C22H25N3O4/c1-15(26)17-9-10-20(21(13-17)28-3)29-14-22(27)23-11-6-12-25-16(2)24-18-7-4-5-8-19(18)25/h4-5,7-10,13H,6,11-12,14H2,1-3H3,(H,23,27). The van der Waals surface area contributed by atoms with Gasteiger partial charge in [-0.15, -0.1) is 0 Å². The average Bonchev–Trinajstić information content (AvgIpc) is 3.04. The number of aromatic nitrogens is 2. The molecule has 2 aromatic carbocycles. The highest BCUT2D eigenvalue weighted by atomic mass is 16.5. The monoisotopic (exact) mass is 395 g/mol. The summed E-state index contributed by atoms with van der Waals surface area (Å²) in [5.74, 6) is 1.53. The van der Waals surface area contributed by atoms with Crippen molar-refractivity contribution in [2.45, 2.75) is 26.8 Å². The number of benzene rings is 2. The van der Waals surface area contributed by atoms with Gasteiger partial charge in [0.05, 0.1) is 18.1 Å². The highest BCUT2D eigenvalue weighted by molar-refractivity contribution is 5.94. The third kappa shape index (κ3) is 4.93. The van der Waals surface area contributed by atoms with Gasteiger partial charge in [-0.2, -0.15) is 0 Å². The summed E-state index contributed by atoms with van der Waals surface area (Å²) in [4.78, 5) is 28.1. The molecule has 1 heterocycles. The molecule has 0 fully saturated rings. The number of hydrogen-bond acceptors (Lipinski definition) is 5. The minimum atomic E-state index is -0.213. The first-order chi connectivity index (χ1) is 14.0. The second-order valence-electron chi connectivity index (χ2n) is 6.71. The first-order valence-corrected chi connectivity index (χ1v) is 9.50. The molecule has 29 heavy (non-hydrogen) atoms. The normalized spacial score (nSPS) is 10.7. The predicted molar refractivity (Wildman–Crippen MR) is 111 cm³/mol. The molecule has 7 heteroatoms. The Balaban J connectivity index is 1.47. The van der Waals surface area contributed by atoms with Crippen LogP contribution in [-0.2, 0) is 11.3 Å². The summed E-state index contributed by atoms with van der Waals surface area (Å²) in [7, 11) is 1.49. The number of hydrogen-bond donors (Lipinski definition) is 1. The number of ether oxygens (including phenoxy) is 2. The average molecular weight is 395 g/mol. The minimum absolute atomic E-state index is 0.0616. The van der Waals surface area contributed by atoms with Gasteiger partial charge in [0.1, 0.15) is 5.82 Å². The molecule has 0 unspecified atom stereocenters. The molecule has 152 valence electrons. The molecule has 1 aromatic heterocycles. The maximum absolute atomic E-state index is 12.1. The van der Waals surface area contributed by atoms with Crippen LogP contribution in [-0.4, -0.2) is 41.5 Å². The van der Waals surface area contributed by atoms with Crippen molar-refractivity contribution in [3.05, 3.63) is 53.9 Å². The molecule has 0 aliphatic carbocycles. The maximum Gasteiger partial charge on any atom is 0.257 e. The molecular formula is C22H25N3O4. The number of nitrogens with one attached hydrogen (secondary N) is 1. The molecule has 0 atom stereocenters. The van der Waals surface area contributed by atoms with E-state index in [4.69, 9.17) is 9.47 Å². The number of nitrogens with zero attached hydrogens (tertiary/aromatic N) is 2. The largest absolute Gasteiger partial charge is 0.493 e. The molecule has 0 bridgehead atoms. The second-order valence-corrected chi connectivity index (χ2v) is 6.71. The molecule has 0 saturated carbocycles. The van der Waals surface area contributed by atoms with Crippen LogP contribution in [0.2, 0.25) is 0 Å². The van der Waals surface area contributed by atoms with Crippen molar-refractivity contribution >= 4 is 22.7 Å². The first-order valence-electron chi connectivity index (χ1n) is 9.50. The number of aryl methyl sites for hydroxylation is 2. The Hall–Kier alpha value is -3.35. The van der Waals surface area contributed by atoms with Gasteiger partial charge in [-0.25, -0.2) is 4.98 Å². The third-order valence-corrected chi connectivity index (χ3v) is 4.65. The number of methoxy groups -OCH3 is 1. The lowest BCUT2D eigenvalue weighted by Gasteiger charge is -2.12. The lowest BCUT2D eigenvalue weighted by atomic mass is 10.1. The highest BCUT2D eigenvalue weighted by Crippen LogP contribution is 2.28. The van der Waals surface area contributed by atoms with Gasteiger partial charge in [0.15, 0.2) is 23.9 Å². The summed E-state index contributed by atoms with van der Waals surface area (Å²) in [6.45, 7) is 4.65. The third-order valence-electron chi connectivity index (χ3n) is 4.65. The second kappa shape index (κ2) is 9.23. The van der Waals surface area contributed by atoms with Crippen molar-refractivity contribution in [1.29, 1.82) is 0 Å². The van der Waals surface area contributed by atoms with Gasteiger partial charge in [-0.05, 0) is 50.6 Å². The van der Waals surface area contributed by atoms with Gasteiger partial charge in [0.25, 0.3) is 5.91 Å². The molecule has 0 aliphatic heterocycles. The van der Waals surface area contributed by atoms with E-state index >= 15 is 0 Å². The Morgan fingerprint density at radius 2 is 1.93 bits per heavy atom. The van der Waals surface area contributed by atoms with Crippen molar-refractivity contribution in [2.75, 3.05) is 20.3 Å². The maximum atomic E-state index is 12.1. The molecule has 3 aromatic rings. The zero-order valence-electron chi connectivity index (χ0n) is 16.9. The summed E-state index contributed by atoms with van der Waals surface area (Å²) in [6, 6.07) is 12.9. The van der Waals surface area contributed by atoms with E-state index in [1.165, 1.54) is 14.0 Å². The van der Waals surface area contributed by atoms with E-state index in [1.807, 2.05) is 31.2 Å². The van der Waals surface area contributed by atoms with Crippen LogP contribution in [0.15, 0.2) is 42.5 Å². The lowest BCUT2D eigenvalue weighted by Crippen LogP contribution is -2.30. The van der Waals surface area contributed by atoms with E-state index in [0.717, 1.165) is 29.8 Å². The van der Waals surface area contributed by atoms with Crippen molar-refractivity contribution in [1.82, 2.24) is 14.9 Å². The molecule has 7 nitrogen and oxygen atoms in total. The van der Waals surface area contributed by atoms with E-state index in [1.54, 1.807) is 18.2 Å². The molecule has 3 rings (SSSR count). The van der Waals surface area contributed by atoms with Crippen LogP contribution in [0.4, 0.5) is 0 Å². The number of carbonyl (C=O) groups excluding carboxylic acids is 2. The van der Waals surface area contributed by atoms with Crippen LogP contribution in [0.5, 0.6) is 11.5 Å². The molecule has 0 radical (unpaired) electrons. The lowest BCUT2D eigenvalue weighted by molar-refractivity contribution is -0.123. The number of rotatable bonds is 9. The summed E-state index contributed by atoms with van der Waals surface area (Å²) in [5.41, 5.74) is 2.61. The Bertz CT molecular complexity index is 1030. The number of imidazole rings is 1. The van der Waals surface area contributed by atoms with E-state index in [-0.39, 0.29) is 18.3 Å². The smallest absolute Gasteiger partial charge is 0.257 e. The van der Waals surface area contributed by atoms with Gasteiger partial charge in [0, 0.05) is 18.7 Å². The van der Waals surface area contributed by atoms with Gasteiger partial charge in [-0.1, -0.05) is 12.1 Å².